The van der Waals surface area contributed by atoms with Gasteiger partial charge in [0.05, 0.1) is 11.1 Å². The van der Waals surface area contributed by atoms with Crippen LogP contribution in [-0.2, 0) is 15.7 Å². The molecule has 41 heavy (non-hydrogen) atoms. The minimum absolute atomic E-state index is 0.0497. The fourth-order valence-corrected chi connectivity index (χ4v) is 4.36. The molecule has 0 bridgehead atoms. The highest BCUT2D eigenvalue weighted by Gasteiger charge is 2.35. The van der Waals surface area contributed by atoms with Gasteiger partial charge in [0.15, 0.2) is 11.6 Å². The van der Waals surface area contributed by atoms with Gasteiger partial charge in [0.1, 0.15) is 17.3 Å². The summed E-state index contributed by atoms with van der Waals surface area (Å²) in [5, 5.41) is 9.35. The van der Waals surface area contributed by atoms with E-state index in [-0.39, 0.29) is 34.9 Å². The molecule has 2 heterocycles. The summed E-state index contributed by atoms with van der Waals surface area (Å²) in [5.74, 6) is -1.75. The van der Waals surface area contributed by atoms with E-state index in [1.54, 1.807) is 20.8 Å². The molecule has 3 amide bonds. The van der Waals surface area contributed by atoms with E-state index in [2.05, 4.69) is 15.7 Å². The average molecular weight is 576 g/mol. The number of esters is 1. The van der Waals surface area contributed by atoms with Crippen molar-refractivity contribution in [2.75, 3.05) is 17.2 Å². The number of nitrogens with zero attached hydrogens (tertiary/aromatic N) is 3. The molecule has 4 rings (SSSR count). The quantitative estimate of drug-likeness (QED) is 0.290. The molecular weight excluding hydrogens is 546 g/mol. The number of ether oxygens (including phenoxy) is 1. The third kappa shape index (κ3) is 6.84. The van der Waals surface area contributed by atoms with Crippen LogP contribution >= 0.6 is 0 Å². The van der Waals surface area contributed by atoms with E-state index in [1.165, 1.54) is 40.9 Å². The number of alkyl halides is 3. The van der Waals surface area contributed by atoms with E-state index in [9.17, 15) is 27.6 Å². The summed E-state index contributed by atoms with van der Waals surface area (Å²) in [5.41, 5.74) is -1.22. The number of amides is 3. The van der Waals surface area contributed by atoms with Crippen molar-refractivity contribution >= 4 is 29.4 Å². The summed E-state index contributed by atoms with van der Waals surface area (Å²) >= 11 is 0. The lowest BCUT2D eigenvalue weighted by Gasteiger charge is -2.24. The van der Waals surface area contributed by atoms with Gasteiger partial charge in [-0.15, -0.1) is 5.10 Å². The zero-order valence-corrected chi connectivity index (χ0v) is 22.8. The number of halogens is 4. The summed E-state index contributed by atoms with van der Waals surface area (Å²) in [7, 11) is 0. The Hall–Kier alpha value is -4.42. The Labute approximate surface area is 233 Å². The third-order valence-electron chi connectivity index (χ3n) is 6.35. The van der Waals surface area contributed by atoms with Gasteiger partial charge in [-0.2, -0.15) is 13.2 Å². The summed E-state index contributed by atoms with van der Waals surface area (Å²) < 4.78 is 60.1. The molecule has 13 heteroatoms. The Morgan fingerprint density at radius 1 is 1.00 bits per heavy atom. The van der Waals surface area contributed by atoms with Gasteiger partial charge >= 0.3 is 18.2 Å². The minimum Gasteiger partial charge on any atom is -0.456 e. The van der Waals surface area contributed by atoms with E-state index in [0.29, 0.717) is 12.8 Å². The fraction of sp³-hybridized carbons (Fsp3) is 0.357. The maximum absolute atomic E-state index is 15.2. The summed E-state index contributed by atoms with van der Waals surface area (Å²) in [6.45, 7) is 6.85. The van der Waals surface area contributed by atoms with Crippen LogP contribution in [0.3, 0.4) is 0 Å². The molecule has 0 aliphatic carbocycles. The Morgan fingerprint density at radius 3 is 2.32 bits per heavy atom. The van der Waals surface area contributed by atoms with Crippen molar-refractivity contribution in [3.8, 4) is 5.69 Å². The molecule has 0 unspecified atom stereocenters. The van der Waals surface area contributed by atoms with Gasteiger partial charge in [0.25, 0.3) is 0 Å². The van der Waals surface area contributed by atoms with Gasteiger partial charge in [0.2, 0.25) is 5.91 Å². The second kappa shape index (κ2) is 11.2. The minimum atomic E-state index is -4.50. The second-order valence-electron chi connectivity index (χ2n) is 10.6. The molecule has 2 aromatic carbocycles. The monoisotopic (exact) mass is 575 g/mol. The highest BCUT2D eigenvalue weighted by Crippen LogP contribution is 2.30. The zero-order chi connectivity index (χ0) is 30.1. The number of carbonyl (C=O) groups excluding carboxylic acids is 3. The Bertz CT molecular complexity index is 1460. The molecule has 0 radical (unpaired) electrons. The number of hydrogen-bond acceptors (Lipinski definition) is 5. The fourth-order valence-electron chi connectivity index (χ4n) is 4.36. The first-order valence-corrected chi connectivity index (χ1v) is 12.8. The maximum Gasteiger partial charge on any atom is 0.416 e. The van der Waals surface area contributed by atoms with Gasteiger partial charge in [-0.25, -0.2) is 18.7 Å². The van der Waals surface area contributed by atoms with Crippen LogP contribution in [0.25, 0.3) is 5.69 Å². The van der Waals surface area contributed by atoms with Gasteiger partial charge in [0, 0.05) is 30.1 Å². The lowest BCUT2D eigenvalue weighted by atomic mass is 10.1. The van der Waals surface area contributed by atoms with Crippen LogP contribution in [0.4, 0.5) is 33.9 Å². The summed E-state index contributed by atoms with van der Waals surface area (Å²) in [4.78, 5) is 39.5. The van der Waals surface area contributed by atoms with Crippen molar-refractivity contribution in [2.45, 2.75) is 58.4 Å². The standard InChI is InChI=1S/C28H29F4N5O4/c1-16-19(25(39)41-27(2,3)4)11-12-20(23(16)29)37-15-13-22(35-37)34-24(38)21-6-5-14-36(21)26(40)33-18-9-7-17(8-10-18)28(30,31)32/h7-13,15,21H,5-6,14H2,1-4H3,(H,33,40)(H,34,35,38)/t21-/m1/s1. The SMILES string of the molecule is Cc1c(C(=O)OC(C)(C)C)ccc(-n2ccc(NC(=O)[C@H]3CCCN3C(=O)Nc3ccc(C(F)(F)F)cc3)n2)c1F. The second-order valence-corrected chi connectivity index (χ2v) is 10.6. The van der Waals surface area contributed by atoms with Crippen LogP contribution in [0.15, 0.2) is 48.7 Å². The average Bonchev–Trinajstić information content (AvgIpc) is 3.54. The lowest BCUT2D eigenvalue weighted by Crippen LogP contribution is -2.45. The van der Waals surface area contributed by atoms with Crippen molar-refractivity contribution in [3.63, 3.8) is 0 Å². The zero-order valence-electron chi connectivity index (χ0n) is 22.8. The predicted molar refractivity (Wildman–Crippen MR) is 142 cm³/mol. The number of anilines is 2. The number of benzene rings is 2. The number of aromatic nitrogens is 2. The molecule has 2 N–H and O–H groups in total. The first-order chi connectivity index (χ1) is 19.1. The number of hydrogen-bond donors (Lipinski definition) is 2. The number of nitrogens with one attached hydrogen (secondary N) is 2. The number of rotatable bonds is 5. The van der Waals surface area contributed by atoms with Gasteiger partial charge in [-0.1, -0.05) is 0 Å². The molecule has 1 atom stereocenters. The first kappa shape index (κ1) is 29.6. The smallest absolute Gasteiger partial charge is 0.416 e. The number of urea groups is 1. The largest absolute Gasteiger partial charge is 0.456 e. The molecule has 1 aliphatic heterocycles. The van der Waals surface area contributed by atoms with Crippen molar-refractivity contribution in [2.24, 2.45) is 0 Å². The van der Waals surface area contributed by atoms with Crippen molar-refractivity contribution in [1.29, 1.82) is 0 Å². The van der Waals surface area contributed by atoms with E-state index in [0.717, 1.165) is 24.3 Å². The van der Waals surface area contributed by atoms with Crippen LogP contribution in [0.2, 0.25) is 0 Å². The molecule has 0 saturated carbocycles. The molecule has 0 spiro atoms. The highest BCUT2D eigenvalue weighted by molar-refractivity contribution is 5.99. The number of likely N-dealkylation sites (tertiary alicyclic amines) is 1. The molecule has 1 saturated heterocycles. The first-order valence-electron chi connectivity index (χ1n) is 12.8. The molecule has 9 nitrogen and oxygen atoms in total. The summed E-state index contributed by atoms with van der Waals surface area (Å²) in [6.07, 6.45) is -2.15. The van der Waals surface area contributed by atoms with Crippen LogP contribution in [0.5, 0.6) is 0 Å². The van der Waals surface area contributed by atoms with Crippen LogP contribution in [0.1, 0.15) is 55.1 Å². The van der Waals surface area contributed by atoms with Crippen LogP contribution in [0, 0.1) is 12.7 Å². The van der Waals surface area contributed by atoms with E-state index in [4.69, 9.17) is 4.74 Å². The molecular formula is C28H29F4N5O4. The maximum atomic E-state index is 15.2. The van der Waals surface area contributed by atoms with Gasteiger partial charge in [-0.05, 0) is 76.9 Å². The molecule has 1 aromatic heterocycles. The lowest BCUT2D eigenvalue weighted by molar-refractivity contribution is -0.137. The normalized spacial score (nSPS) is 15.5. The summed E-state index contributed by atoms with van der Waals surface area (Å²) in [6, 6.07) is 6.79. The Balaban J connectivity index is 1.42. The van der Waals surface area contributed by atoms with Crippen molar-refractivity contribution < 1.29 is 36.7 Å². The van der Waals surface area contributed by atoms with Crippen LogP contribution in [-0.4, -0.2) is 50.8 Å². The number of carbonyl (C=O) groups is 3. The van der Waals surface area contributed by atoms with E-state index in [1.807, 2.05) is 0 Å². The van der Waals surface area contributed by atoms with E-state index >= 15 is 4.39 Å². The Morgan fingerprint density at radius 2 is 1.68 bits per heavy atom. The van der Waals surface area contributed by atoms with Gasteiger partial charge < -0.3 is 20.3 Å². The van der Waals surface area contributed by atoms with E-state index < -0.39 is 47.1 Å². The highest BCUT2D eigenvalue weighted by atomic mass is 19.4. The molecule has 218 valence electrons. The van der Waals surface area contributed by atoms with Crippen molar-refractivity contribution in [1.82, 2.24) is 14.7 Å². The topological polar surface area (TPSA) is 106 Å². The third-order valence-corrected chi connectivity index (χ3v) is 6.35. The van der Waals surface area contributed by atoms with Crippen LogP contribution < -0.4 is 10.6 Å². The van der Waals surface area contributed by atoms with Crippen molar-refractivity contribution in [3.05, 3.63) is 71.2 Å². The molecule has 1 fully saturated rings. The predicted octanol–water partition coefficient (Wildman–Crippen LogP) is 5.93. The molecule has 3 aromatic rings. The Kier molecular flexibility index (Phi) is 8.09. The van der Waals surface area contributed by atoms with Gasteiger partial charge in [-0.3, -0.25) is 4.79 Å². The molecule has 1 aliphatic rings.